The second-order valence-electron chi connectivity index (χ2n) is 9.99. The van der Waals surface area contributed by atoms with Gasteiger partial charge in [0.15, 0.2) is 0 Å². The number of sulfonamides is 1. The molecule has 2 atom stereocenters. The minimum Gasteiger partial charge on any atom is -0.461 e. The van der Waals surface area contributed by atoms with E-state index in [0.717, 1.165) is 5.56 Å². The minimum atomic E-state index is -3.91. The van der Waals surface area contributed by atoms with Gasteiger partial charge in [-0.25, -0.2) is 18.0 Å². The quantitative estimate of drug-likeness (QED) is 0.389. The van der Waals surface area contributed by atoms with Gasteiger partial charge in [-0.15, -0.1) is 0 Å². The maximum absolute atomic E-state index is 13.4. The van der Waals surface area contributed by atoms with Crippen LogP contribution in [0.2, 0.25) is 0 Å². The Labute approximate surface area is 235 Å². The second kappa shape index (κ2) is 13.7. The zero-order chi connectivity index (χ0) is 29.4. The zero-order valence-electron chi connectivity index (χ0n) is 23.2. The number of carbonyl (C=O) groups excluding carboxylic acids is 3. The van der Waals surface area contributed by atoms with E-state index in [9.17, 15) is 22.8 Å². The van der Waals surface area contributed by atoms with Gasteiger partial charge in [-0.3, -0.25) is 4.79 Å². The summed E-state index contributed by atoms with van der Waals surface area (Å²) in [6.07, 6.45) is -0.137. The maximum Gasteiger partial charge on any atom is 0.415 e. The van der Waals surface area contributed by atoms with E-state index in [4.69, 9.17) is 14.6 Å². The standard InChI is InChI=1S/C28H37N3O8S/c1-19(2)38-27(34)24(18-21-9-11-22(12-10-21)39-28(35)30(4)16-17-32)29-26(33)25-6-5-15-31(25)40(36,37)23-13-7-20(3)8-14-23/h7-14,19,24-25,32H,5-6,15-18H2,1-4H3,(H,29,33)/t24-,25-/m0/s1. The van der Waals surface area contributed by atoms with Crippen molar-refractivity contribution in [2.45, 2.75) is 63.1 Å². The highest BCUT2D eigenvalue weighted by atomic mass is 32.2. The van der Waals surface area contributed by atoms with Crippen LogP contribution in [0.3, 0.4) is 0 Å². The largest absolute Gasteiger partial charge is 0.461 e. The van der Waals surface area contributed by atoms with E-state index < -0.39 is 46.2 Å². The first-order chi connectivity index (χ1) is 18.9. The van der Waals surface area contributed by atoms with Gasteiger partial charge in [-0.2, -0.15) is 4.31 Å². The first kappa shape index (κ1) is 31.1. The van der Waals surface area contributed by atoms with E-state index in [1.54, 1.807) is 50.2 Å². The third-order valence-electron chi connectivity index (χ3n) is 6.40. The molecule has 2 amide bonds. The fourth-order valence-corrected chi connectivity index (χ4v) is 5.92. The number of carbonyl (C=O) groups is 3. The Morgan fingerprint density at radius 3 is 2.35 bits per heavy atom. The van der Waals surface area contributed by atoms with Gasteiger partial charge in [0.1, 0.15) is 17.8 Å². The molecule has 40 heavy (non-hydrogen) atoms. The van der Waals surface area contributed by atoms with Crippen molar-refractivity contribution in [3.05, 3.63) is 59.7 Å². The number of esters is 1. The van der Waals surface area contributed by atoms with Crippen molar-refractivity contribution in [3.63, 3.8) is 0 Å². The van der Waals surface area contributed by atoms with E-state index in [1.807, 2.05) is 6.92 Å². The number of aryl methyl sites for hydroxylation is 1. The number of amides is 2. The molecule has 0 aliphatic carbocycles. The van der Waals surface area contributed by atoms with Crippen molar-refractivity contribution >= 4 is 28.0 Å². The number of aliphatic hydroxyl groups excluding tert-OH is 1. The summed E-state index contributed by atoms with van der Waals surface area (Å²) in [6.45, 7) is 5.38. The normalized spacial score (nSPS) is 16.4. The summed E-state index contributed by atoms with van der Waals surface area (Å²) in [5.74, 6) is -0.946. The molecular formula is C28H37N3O8S. The summed E-state index contributed by atoms with van der Waals surface area (Å²) < 4.78 is 38.4. The summed E-state index contributed by atoms with van der Waals surface area (Å²) in [5.41, 5.74) is 1.58. The molecule has 0 bridgehead atoms. The number of benzene rings is 2. The summed E-state index contributed by atoms with van der Waals surface area (Å²) in [7, 11) is -2.41. The van der Waals surface area contributed by atoms with Crippen LogP contribution in [0.25, 0.3) is 0 Å². The van der Waals surface area contributed by atoms with Gasteiger partial charge in [-0.05, 0) is 63.4 Å². The van der Waals surface area contributed by atoms with Crippen LogP contribution in [0.1, 0.15) is 37.8 Å². The Kier molecular flexibility index (Phi) is 10.7. The second-order valence-corrected chi connectivity index (χ2v) is 11.9. The van der Waals surface area contributed by atoms with Crippen LogP contribution in [0, 0.1) is 6.92 Å². The Morgan fingerprint density at radius 1 is 1.10 bits per heavy atom. The van der Waals surface area contributed by atoms with Gasteiger partial charge in [0.2, 0.25) is 15.9 Å². The molecule has 0 aromatic heterocycles. The lowest BCUT2D eigenvalue weighted by atomic mass is 10.0. The van der Waals surface area contributed by atoms with Gasteiger partial charge >= 0.3 is 12.1 Å². The van der Waals surface area contributed by atoms with Crippen LogP contribution in [-0.4, -0.2) is 85.6 Å². The molecule has 0 unspecified atom stereocenters. The van der Waals surface area contributed by atoms with Crippen molar-refractivity contribution < 1.29 is 37.4 Å². The van der Waals surface area contributed by atoms with Crippen LogP contribution in [0.5, 0.6) is 5.75 Å². The molecule has 12 heteroatoms. The van der Waals surface area contributed by atoms with E-state index in [2.05, 4.69) is 5.32 Å². The van der Waals surface area contributed by atoms with E-state index in [-0.39, 0.29) is 36.8 Å². The van der Waals surface area contributed by atoms with E-state index in [1.165, 1.54) is 28.4 Å². The molecule has 2 aromatic rings. The first-order valence-corrected chi connectivity index (χ1v) is 14.6. The predicted molar refractivity (Wildman–Crippen MR) is 147 cm³/mol. The number of ether oxygens (including phenoxy) is 2. The van der Waals surface area contributed by atoms with Gasteiger partial charge in [-0.1, -0.05) is 29.8 Å². The van der Waals surface area contributed by atoms with Crippen molar-refractivity contribution in [2.24, 2.45) is 0 Å². The van der Waals surface area contributed by atoms with Crippen LogP contribution in [0.15, 0.2) is 53.4 Å². The zero-order valence-corrected chi connectivity index (χ0v) is 24.0. The smallest absolute Gasteiger partial charge is 0.415 e. The van der Waals surface area contributed by atoms with Crippen LogP contribution in [0.4, 0.5) is 4.79 Å². The van der Waals surface area contributed by atoms with Crippen molar-refractivity contribution in [2.75, 3.05) is 26.7 Å². The van der Waals surface area contributed by atoms with Crippen molar-refractivity contribution in [3.8, 4) is 5.75 Å². The van der Waals surface area contributed by atoms with E-state index in [0.29, 0.717) is 18.4 Å². The Balaban J connectivity index is 1.74. The summed E-state index contributed by atoms with van der Waals surface area (Å²) in [4.78, 5) is 39.7. The van der Waals surface area contributed by atoms with E-state index >= 15 is 0 Å². The Hall–Kier alpha value is -3.48. The highest BCUT2D eigenvalue weighted by molar-refractivity contribution is 7.89. The van der Waals surface area contributed by atoms with Crippen LogP contribution >= 0.6 is 0 Å². The van der Waals surface area contributed by atoms with Crippen LogP contribution < -0.4 is 10.1 Å². The third-order valence-corrected chi connectivity index (χ3v) is 8.32. The van der Waals surface area contributed by atoms with Gasteiger partial charge in [0, 0.05) is 26.6 Å². The fraction of sp³-hybridized carbons (Fsp3) is 0.464. The molecule has 2 N–H and O–H groups in total. The average Bonchev–Trinajstić information content (AvgIpc) is 3.41. The number of aliphatic hydroxyl groups is 1. The molecule has 3 rings (SSSR count). The van der Waals surface area contributed by atoms with Gasteiger partial charge in [0.25, 0.3) is 0 Å². The van der Waals surface area contributed by atoms with Gasteiger partial charge in [0.05, 0.1) is 17.6 Å². The fourth-order valence-electron chi connectivity index (χ4n) is 4.26. The summed E-state index contributed by atoms with van der Waals surface area (Å²) >= 11 is 0. The predicted octanol–water partition coefficient (Wildman–Crippen LogP) is 2.25. The van der Waals surface area contributed by atoms with Crippen molar-refractivity contribution in [1.82, 2.24) is 14.5 Å². The van der Waals surface area contributed by atoms with Crippen molar-refractivity contribution in [1.29, 1.82) is 0 Å². The lowest BCUT2D eigenvalue weighted by Crippen LogP contribution is -2.52. The summed E-state index contributed by atoms with van der Waals surface area (Å²) in [5, 5.41) is 11.7. The molecule has 11 nitrogen and oxygen atoms in total. The third kappa shape index (κ3) is 8.03. The highest BCUT2D eigenvalue weighted by Gasteiger charge is 2.40. The molecule has 1 fully saturated rings. The molecule has 218 valence electrons. The molecule has 1 heterocycles. The lowest BCUT2D eigenvalue weighted by molar-refractivity contribution is -0.151. The number of hydrogen-bond acceptors (Lipinski definition) is 8. The SMILES string of the molecule is Cc1ccc(S(=O)(=O)N2CCC[C@H]2C(=O)N[C@@H](Cc2ccc(OC(=O)N(C)CCO)cc2)C(=O)OC(C)C)cc1. The lowest BCUT2D eigenvalue weighted by Gasteiger charge is -2.26. The van der Waals surface area contributed by atoms with Crippen LogP contribution in [-0.2, 0) is 30.8 Å². The Bertz CT molecular complexity index is 1280. The number of likely N-dealkylation sites (N-methyl/N-ethyl adjacent to an activating group) is 1. The number of nitrogens with one attached hydrogen (secondary N) is 1. The first-order valence-electron chi connectivity index (χ1n) is 13.1. The topological polar surface area (TPSA) is 143 Å². The average molecular weight is 576 g/mol. The highest BCUT2D eigenvalue weighted by Crippen LogP contribution is 2.27. The monoisotopic (exact) mass is 575 g/mol. The number of hydrogen-bond donors (Lipinski definition) is 2. The van der Waals surface area contributed by atoms with Gasteiger partial charge < -0.3 is 24.8 Å². The molecule has 1 aliphatic heterocycles. The minimum absolute atomic E-state index is 0.0768. The molecule has 0 spiro atoms. The molecule has 2 aromatic carbocycles. The molecule has 0 saturated carbocycles. The molecule has 1 aliphatic rings. The number of nitrogens with zero attached hydrogens (tertiary/aromatic N) is 2. The summed E-state index contributed by atoms with van der Waals surface area (Å²) in [6, 6.07) is 10.8. The maximum atomic E-state index is 13.4. The molecule has 0 radical (unpaired) electrons. The Morgan fingerprint density at radius 2 is 1.75 bits per heavy atom. The molecular weight excluding hydrogens is 538 g/mol. The number of rotatable bonds is 11. The molecule has 1 saturated heterocycles.